The summed E-state index contributed by atoms with van der Waals surface area (Å²) in [4.78, 5) is 2.31. The first kappa shape index (κ1) is 11.9. The summed E-state index contributed by atoms with van der Waals surface area (Å²) in [5.41, 5.74) is 1.81. The fourth-order valence-corrected chi connectivity index (χ4v) is 2.20. The summed E-state index contributed by atoms with van der Waals surface area (Å²) < 4.78 is 5.24. The van der Waals surface area contributed by atoms with E-state index in [1.54, 1.807) is 7.11 Å². The lowest BCUT2D eigenvalue weighted by Crippen LogP contribution is -2.53. The van der Waals surface area contributed by atoms with E-state index in [0.29, 0.717) is 18.2 Å². The molecule has 1 atom stereocenters. The van der Waals surface area contributed by atoms with E-state index in [1.807, 2.05) is 18.2 Å². The average molecular weight is 231 g/mol. The zero-order valence-electron chi connectivity index (χ0n) is 10.0. The van der Waals surface area contributed by atoms with Gasteiger partial charge in [0.2, 0.25) is 0 Å². The van der Waals surface area contributed by atoms with Crippen LogP contribution in [0.25, 0.3) is 0 Å². The van der Waals surface area contributed by atoms with Crippen molar-refractivity contribution in [3.8, 4) is 6.07 Å². The summed E-state index contributed by atoms with van der Waals surface area (Å²) >= 11 is 0. The number of nitrogens with one attached hydrogen (secondary N) is 1. The SMILES string of the molecule is COCC1CNCCN1c1cccc(C#N)c1. The number of nitriles is 1. The number of hydrogen-bond donors (Lipinski definition) is 1. The van der Waals surface area contributed by atoms with Crippen molar-refractivity contribution in [1.82, 2.24) is 5.32 Å². The molecule has 0 amide bonds. The van der Waals surface area contributed by atoms with Crippen molar-refractivity contribution < 1.29 is 4.74 Å². The maximum absolute atomic E-state index is 8.92. The predicted molar refractivity (Wildman–Crippen MR) is 67.0 cm³/mol. The van der Waals surface area contributed by atoms with E-state index < -0.39 is 0 Å². The highest BCUT2D eigenvalue weighted by molar-refractivity contribution is 5.52. The van der Waals surface area contributed by atoms with Crippen LogP contribution in [-0.4, -0.2) is 39.4 Å². The van der Waals surface area contributed by atoms with Gasteiger partial charge in [-0.15, -0.1) is 0 Å². The summed E-state index contributed by atoms with van der Waals surface area (Å²) in [6.07, 6.45) is 0. The lowest BCUT2D eigenvalue weighted by atomic mass is 10.1. The van der Waals surface area contributed by atoms with Crippen molar-refractivity contribution >= 4 is 5.69 Å². The first-order chi connectivity index (χ1) is 8.35. The van der Waals surface area contributed by atoms with Crippen molar-refractivity contribution in [2.75, 3.05) is 38.3 Å². The van der Waals surface area contributed by atoms with Gasteiger partial charge in [0.25, 0.3) is 0 Å². The minimum atomic E-state index is 0.336. The van der Waals surface area contributed by atoms with Crippen molar-refractivity contribution in [3.05, 3.63) is 29.8 Å². The molecule has 0 saturated carbocycles. The lowest BCUT2D eigenvalue weighted by Gasteiger charge is -2.37. The minimum absolute atomic E-state index is 0.336. The fourth-order valence-electron chi connectivity index (χ4n) is 2.20. The third kappa shape index (κ3) is 2.76. The topological polar surface area (TPSA) is 48.3 Å². The minimum Gasteiger partial charge on any atom is -0.383 e. The summed E-state index contributed by atoms with van der Waals surface area (Å²) in [5.74, 6) is 0. The number of anilines is 1. The van der Waals surface area contributed by atoms with E-state index in [2.05, 4.69) is 22.4 Å². The second-order valence-corrected chi connectivity index (χ2v) is 4.17. The number of ether oxygens (including phenoxy) is 1. The molecule has 1 N–H and O–H groups in total. The zero-order valence-corrected chi connectivity index (χ0v) is 10.0. The quantitative estimate of drug-likeness (QED) is 0.842. The summed E-state index contributed by atoms with van der Waals surface area (Å²) in [7, 11) is 1.72. The fraction of sp³-hybridized carbons (Fsp3) is 0.462. The Kier molecular flexibility index (Phi) is 3.97. The highest BCUT2D eigenvalue weighted by Gasteiger charge is 2.22. The first-order valence-corrected chi connectivity index (χ1v) is 5.81. The number of nitrogens with zero attached hydrogens (tertiary/aromatic N) is 2. The Morgan fingerprint density at radius 3 is 3.24 bits per heavy atom. The molecule has 1 aliphatic rings. The summed E-state index contributed by atoms with van der Waals surface area (Å²) in [6, 6.07) is 10.3. The number of rotatable bonds is 3. The van der Waals surface area contributed by atoms with Crippen LogP contribution in [0.4, 0.5) is 5.69 Å². The van der Waals surface area contributed by atoms with Crippen LogP contribution in [0, 0.1) is 11.3 Å². The molecule has 1 fully saturated rings. The Labute approximate surface area is 102 Å². The van der Waals surface area contributed by atoms with Crippen LogP contribution in [0.3, 0.4) is 0 Å². The van der Waals surface area contributed by atoms with Crippen molar-refractivity contribution in [3.63, 3.8) is 0 Å². The molecule has 1 aromatic carbocycles. The lowest BCUT2D eigenvalue weighted by molar-refractivity contribution is 0.170. The van der Waals surface area contributed by atoms with E-state index in [9.17, 15) is 0 Å². The van der Waals surface area contributed by atoms with Crippen LogP contribution in [0.1, 0.15) is 5.56 Å². The Balaban J connectivity index is 2.20. The van der Waals surface area contributed by atoms with Gasteiger partial charge < -0.3 is 15.0 Å². The second kappa shape index (κ2) is 5.67. The molecule has 17 heavy (non-hydrogen) atoms. The Morgan fingerprint density at radius 2 is 2.47 bits per heavy atom. The van der Waals surface area contributed by atoms with Crippen LogP contribution in [-0.2, 0) is 4.74 Å². The number of methoxy groups -OCH3 is 1. The molecule has 0 radical (unpaired) electrons. The Morgan fingerprint density at radius 1 is 1.59 bits per heavy atom. The van der Waals surface area contributed by atoms with Gasteiger partial charge in [0, 0.05) is 32.4 Å². The summed E-state index contributed by atoms with van der Waals surface area (Å²) in [5, 5.41) is 12.3. The molecule has 0 aromatic heterocycles. The molecule has 1 heterocycles. The van der Waals surface area contributed by atoms with E-state index in [4.69, 9.17) is 10.00 Å². The molecule has 4 heteroatoms. The molecule has 1 aliphatic heterocycles. The number of piperazine rings is 1. The Hall–Kier alpha value is -1.57. The maximum Gasteiger partial charge on any atom is 0.0992 e. The Bertz CT molecular complexity index is 411. The van der Waals surface area contributed by atoms with Gasteiger partial charge in [-0.1, -0.05) is 6.07 Å². The number of hydrogen-bond acceptors (Lipinski definition) is 4. The van der Waals surface area contributed by atoms with E-state index >= 15 is 0 Å². The second-order valence-electron chi connectivity index (χ2n) is 4.17. The van der Waals surface area contributed by atoms with Gasteiger partial charge >= 0.3 is 0 Å². The van der Waals surface area contributed by atoms with Crippen LogP contribution in [0.5, 0.6) is 0 Å². The van der Waals surface area contributed by atoms with Gasteiger partial charge in [0.15, 0.2) is 0 Å². The molecule has 0 spiro atoms. The molecule has 0 bridgehead atoms. The molecule has 1 aromatic rings. The molecule has 1 unspecified atom stereocenters. The normalized spacial score (nSPS) is 20.0. The van der Waals surface area contributed by atoms with Gasteiger partial charge in [-0.05, 0) is 18.2 Å². The third-order valence-corrected chi connectivity index (χ3v) is 3.02. The highest BCUT2D eigenvalue weighted by Crippen LogP contribution is 2.19. The zero-order chi connectivity index (χ0) is 12.1. The van der Waals surface area contributed by atoms with E-state index in [1.165, 1.54) is 0 Å². The van der Waals surface area contributed by atoms with Crippen molar-refractivity contribution in [2.24, 2.45) is 0 Å². The maximum atomic E-state index is 8.92. The van der Waals surface area contributed by atoms with Gasteiger partial charge in [-0.2, -0.15) is 5.26 Å². The number of benzene rings is 1. The van der Waals surface area contributed by atoms with Gasteiger partial charge in [-0.3, -0.25) is 0 Å². The van der Waals surface area contributed by atoms with Gasteiger partial charge in [0.1, 0.15) is 0 Å². The molecule has 1 saturated heterocycles. The molecule has 4 nitrogen and oxygen atoms in total. The van der Waals surface area contributed by atoms with Crippen LogP contribution >= 0.6 is 0 Å². The molecule has 0 aliphatic carbocycles. The van der Waals surface area contributed by atoms with Gasteiger partial charge in [-0.25, -0.2) is 0 Å². The monoisotopic (exact) mass is 231 g/mol. The van der Waals surface area contributed by atoms with Crippen LogP contribution < -0.4 is 10.2 Å². The summed E-state index contributed by atoms with van der Waals surface area (Å²) in [6.45, 7) is 3.54. The van der Waals surface area contributed by atoms with E-state index in [0.717, 1.165) is 25.3 Å². The largest absolute Gasteiger partial charge is 0.383 e. The van der Waals surface area contributed by atoms with Crippen LogP contribution in [0.15, 0.2) is 24.3 Å². The molecular formula is C13H17N3O. The van der Waals surface area contributed by atoms with Crippen LogP contribution in [0.2, 0.25) is 0 Å². The van der Waals surface area contributed by atoms with E-state index in [-0.39, 0.29) is 0 Å². The standard InChI is InChI=1S/C13H17N3O/c1-17-10-13-9-15-5-6-16(13)12-4-2-3-11(7-12)8-14/h2-4,7,13,15H,5-6,9-10H2,1H3. The molecule has 90 valence electrons. The molecular weight excluding hydrogens is 214 g/mol. The van der Waals surface area contributed by atoms with Crippen molar-refractivity contribution in [2.45, 2.75) is 6.04 Å². The molecule has 2 rings (SSSR count). The third-order valence-electron chi connectivity index (χ3n) is 3.02. The predicted octanol–water partition coefficient (Wildman–Crippen LogP) is 0.983. The van der Waals surface area contributed by atoms with Gasteiger partial charge in [0.05, 0.1) is 24.3 Å². The smallest absolute Gasteiger partial charge is 0.0992 e. The highest BCUT2D eigenvalue weighted by atomic mass is 16.5. The van der Waals surface area contributed by atoms with Crippen molar-refractivity contribution in [1.29, 1.82) is 5.26 Å². The average Bonchev–Trinajstić information content (AvgIpc) is 2.40. The first-order valence-electron chi connectivity index (χ1n) is 5.81.